The van der Waals surface area contributed by atoms with Crippen LogP contribution in [0.15, 0.2) is 5.57 Å². The van der Waals surface area contributed by atoms with E-state index < -0.39 is 0 Å². The van der Waals surface area contributed by atoms with Gasteiger partial charge < -0.3 is 0 Å². The molecule has 1 aliphatic rings. The molecule has 0 atom stereocenters. The summed E-state index contributed by atoms with van der Waals surface area (Å²) in [6, 6.07) is 0. The van der Waals surface area contributed by atoms with Crippen molar-refractivity contribution in [3.63, 3.8) is 0 Å². The smallest absolute Gasteiger partial charge is 0.153 e. The van der Waals surface area contributed by atoms with Crippen molar-refractivity contribution < 1.29 is 4.79 Å². The van der Waals surface area contributed by atoms with Gasteiger partial charge in [-0.25, -0.2) is 0 Å². The van der Waals surface area contributed by atoms with Gasteiger partial charge in [0.2, 0.25) is 0 Å². The fourth-order valence-electron chi connectivity index (χ4n) is 1.98. The van der Waals surface area contributed by atoms with Crippen molar-refractivity contribution in [2.45, 2.75) is 27.7 Å². The Labute approximate surface area is 72.5 Å². The second-order valence-corrected chi connectivity index (χ2v) is 4.26. The zero-order valence-electron chi connectivity index (χ0n) is 7.32. The Kier molecular flexibility index (Phi) is 1.59. The van der Waals surface area contributed by atoms with Crippen LogP contribution < -0.4 is 0 Å². The maximum Gasteiger partial charge on any atom is 0.153 e. The Hall–Kier alpha value is -0.460. The lowest BCUT2D eigenvalue weighted by atomic mass is 9.51. The third-order valence-electron chi connectivity index (χ3n) is 2.49. The molecule has 0 aromatic rings. The van der Waals surface area contributed by atoms with Crippen LogP contribution in [-0.4, -0.2) is 10.8 Å². The maximum absolute atomic E-state index is 11.5. The third-order valence-corrected chi connectivity index (χ3v) is 2.69. The lowest BCUT2D eigenvalue weighted by Gasteiger charge is -2.48. The van der Waals surface area contributed by atoms with E-state index in [0.29, 0.717) is 0 Å². The molecular weight excluding hydrogens is 156 g/mol. The maximum atomic E-state index is 11.5. The Bertz CT molecular complexity index is 247. The van der Waals surface area contributed by atoms with E-state index in [4.69, 9.17) is 12.2 Å². The standard InChI is InChI=1S/C9H12OS/c1-8(2)6(5-11)9(3,4)7(8)10/h1-4H3. The van der Waals surface area contributed by atoms with Crippen molar-refractivity contribution in [1.82, 2.24) is 0 Å². The van der Waals surface area contributed by atoms with Crippen LogP contribution in [0.5, 0.6) is 0 Å². The lowest BCUT2D eigenvalue weighted by Crippen LogP contribution is -2.54. The SMILES string of the molecule is CC1(C)C(=O)C(C)(C)C1=C=S. The highest BCUT2D eigenvalue weighted by molar-refractivity contribution is 7.78. The van der Waals surface area contributed by atoms with E-state index in [-0.39, 0.29) is 16.6 Å². The summed E-state index contributed by atoms with van der Waals surface area (Å²) in [5, 5.41) is 2.69. The van der Waals surface area contributed by atoms with Gasteiger partial charge in [-0.05, 0) is 44.9 Å². The molecule has 0 N–H and O–H groups in total. The van der Waals surface area contributed by atoms with Crippen LogP contribution in [0.3, 0.4) is 0 Å². The average Bonchev–Trinajstić information content (AvgIpc) is 1.86. The Morgan fingerprint density at radius 1 is 1.18 bits per heavy atom. The molecule has 1 fully saturated rings. The molecule has 1 saturated carbocycles. The van der Waals surface area contributed by atoms with Gasteiger partial charge in [0, 0.05) is 5.57 Å². The molecule has 0 bridgehead atoms. The largest absolute Gasteiger partial charge is 0.298 e. The van der Waals surface area contributed by atoms with Crippen molar-refractivity contribution in [1.29, 1.82) is 0 Å². The molecule has 0 spiro atoms. The number of carbonyl (C=O) groups excluding carboxylic acids is 1. The summed E-state index contributed by atoms with van der Waals surface area (Å²) in [6.07, 6.45) is 0. The third kappa shape index (κ3) is 0.831. The fraction of sp³-hybridized carbons (Fsp3) is 0.667. The normalized spacial score (nSPS) is 25.8. The van der Waals surface area contributed by atoms with Gasteiger partial charge in [-0.2, -0.15) is 0 Å². The summed E-state index contributed by atoms with van der Waals surface area (Å²) in [6.45, 7) is 7.59. The zero-order valence-corrected chi connectivity index (χ0v) is 8.13. The monoisotopic (exact) mass is 168 g/mol. The van der Waals surface area contributed by atoms with Crippen molar-refractivity contribution in [3.05, 3.63) is 5.57 Å². The molecule has 0 aliphatic heterocycles. The van der Waals surface area contributed by atoms with Crippen molar-refractivity contribution in [2.24, 2.45) is 10.8 Å². The Morgan fingerprint density at radius 3 is 1.73 bits per heavy atom. The average molecular weight is 168 g/mol. The second-order valence-electron chi connectivity index (χ2n) is 4.06. The number of Topliss-reactive ketones (excluding diaryl/α,β-unsaturated/α-hetero) is 1. The predicted octanol–water partition coefficient (Wildman–Crippen LogP) is 2.15. The quantitative estimate of drug-likeness (QED) is 0.515. The highest BCUT2D eigenvalue weighted by atomic mass is 32.1. The molecule has 0 heterocycles. The highest BCUT2D eigenvalue weighted by Gasteiger charge is 2.57. The summed E-state index contributed by atoms with van der Waals surface area (Å²) in [5.74, 6) is 0.261. The van der Waals surface area contributed by atoms with Gasteiger partial charge in [0.25, 0.3) is 0 Å². The summed E-state index contributed by atoms with van der Waals surface area (Å²) in [7, 11) is 0. The van der Waals surface area contributed by atoms with Crippen LogP contribution in [0.25, 0.3) is 0 Å². The molecule has 1 rings (SSSR count). The number of allylic oxidation sites excluding steroid dienone is 1. The van der Waals surface area contributed by atoms with Crippen LogP contribution in [0.1, 0.15) is 27.7 Å². The van der Waals surface area contributed by atoms with E-state index in [9.17, 15) is 4.79 Å². The molecule has 60 valence electrons. The minimum atomic E-state index is -0.356. The van der Waals surface area contributed by atoms with Crippen LogP contribution >= 0.6 is 12.2 Å². The number of ketones is 1. The van der Waals surface area contributed by atoms with E-state index in [1.54, 1.807) is 0 Å². The molecule has 2 heteroatoms. The summed E-state index contributed by atoms with van der Waals surface area (Å²) in [4.78, 5) is 11.5. The van der Waals surface area contributed by atoms with E-state index >= 15 is 0 Å². The Morgan fingerprint density at radius 2 is 1.55 bits per heavy atom. The van der Waals surface area contributed by atoms with Crippen molar-refractivity contribution >= 4 is 23.0 Å². The first-order chi connectivity index (χ1) is 4.85. The van der Waals surface area contributed by atoms with Crippen molar-refractivity contribution in [2.75, 3.05) is 0 Å². The molecule has 11 heavy (non-hydrogen) atoms. The molecule has 0 aromatic carbocycles. The molecule has 1 aliphatic carbocycles. The van der Waals surface area contributed by atoms with Gasteiger partial charge in [0.15, 0.2) is 5.78 Å². The van der Waals surface area contributed by atoms with E-state index in [1.165, 1.54) is 0 Å². The number of hydrogen-bond donors (Lipinski definition) is 0. The zero-order chi connectivity index (χ0) is 8.86. The van der Waals surface area contributed by atoms with Crippen LogP contribution in [-0.2, 0) is 4.79 Å². The highest BCUT2D eigenvalue weighted by Crippen LogP contribution is 2.53. The van der Waals surface area contributed by atoms with Gasteiger partial charge >= 0.3 is 0 Å². The molecule has 1 nitrogen and oxygen atoms in total. The number of hydrogen-bond acceptors (Lipinski definition) is 2. The first-order valence-electron chi connectivity index (χ1n) is 3.66. The van der Waals surface area contributed by atoms with E-state index in [0.717, 1.165) is 5.57 Å². The molecular formula is C9H12OS. The topological polar surface area (TPSA) is 17.1 Å². The number of carbonyl (C=O) groups is 1. The van der Waals surface area contributed by atoms with Gasteiger partial charge in [-0.1, -0.05) is 0 Å². The first kappa shape index (κ1) is 8.63. The van der Waals surface area contributed by atoms with Gasteiger partial charge in [0.05, 0.1) is 10.8 Å². The summed E-state index contributed by atoms with van der Waals surface area (Å²) in [5.41, 5.74) is 0.251. The van der Waals surface area contributed by atoms with Gasteiger partial charge in [-0.3, -0.25) is 4.79 Å². The number of thiocarbonyl (C=S) groups is 1. The molecule has 0 unspecified atom stereocenters. The number of rotatable bonds is 0. The summed E-state index contributed by atoms with van der Waals surface area (Å²) < 4.78 is 0. The fourth-order valence-corrected chi connectivity index (χ4v) is 2.49. The van der Waals surface area contributed by atoms with E-state index in [1.807, 2.05) is 27.7 Å². The second kappa shape index (κ2) is 2.02. The minimum Gasteiger partial charge on any atom is -0.298 e. The van der Waals surface area contributed by atoms with Crippen LogP contribution in [0, 0.1) is 10.8 Å². The van der Waals surface area contributed by atoms with E-state index in [2.05, 4.69) is 5.02 Å². The van der Waals surface area contributed by atoms with Gasteiger partial charge in [0.1, 0.15) is 0 Å². The molecule has 0 saturated heterocycles. The van der Waals surface area contributed by atoms with Crippen LogP contribution in [0.4, 0.5) is 0 Å². The summed E-state index contributed by atoms with van der Waals surface area (Å²) >= 11 is 4.74. The molecule has 0 amide bonds. The molecule has 0 radical (unpaired) electrons. The van der Waals surface area contributed by atoms with Crippen molar-refractivity contribution in [3.8, 4) is 0 Å². The Balaban J connectivity index is 3.18. The van der Waals surface area contributed by atoms with Crippen LogP contribution in [0.2, 0.25) is 0 Å². The van der Waals surface area contributed by atoms with Gasteiger partial charge in [-0.15, -0.1) is 0 Å². The first-order valence-corrected chi connectivity index (χ1v) is 4.07. The minimum absolute atomic E-state index is 0.261. The molecule has 0 aromatic heterocycles. The predicted molar refractivity (Wildman–Crippen MR) is 48.7 cm³/mol. The lowest BCUT2D eigenvalue weighted by molar-refractivity contribution is -0.141.